The quantitative estimate of drug-likeness (QED) is 0.666. The Morgan fingerprint density at radius 1 is 1.07 bits per heavy atom. The first-order valence-electron chi connectivity index (χ1n) is 9.20. The number of aromatic nitrogens is 2. The summed E-state index contributed by atoms with van der Waals surface area (Å²) in [6.45, 7) is 4.11. The Kier molecular flexibility index (Phi) is 5.97. The van der Waals surface area contributed by atoms with Gasteiger partial charge in [0.2, 0.25) is 0 Å². The highest BCUT2D eigenvalue weighted by Crippen LogP contribution is 2.18. The van der Waals surface area contributed by atoms with Gasteiger partial charge >= 0.3 is 0 Å². The largest absolute Gasteiger partial charge is 0.339 e. The lowest BCUT2D eigenvalue weighted by Crippen LogP contribution is -2.37. The molecule has 0 N–H and O–H groups in total. The van der Waals surface area contributed by atoms with Gasteiger partial charge in [-0.3, -0.25) is 14.8 Å². The first kappa shape index (κ1) is 18.8. The number of hydrogen-bond acceptors (Lipinski definition) is 3. The fourth-order valence-corrected chi connectivity index (χ4v) is 3.07. The van der Waals surface area contributed by atoms with Gasteiger partial charge in [-0.25, -0.2) is 0 Å². The van der Waals surface area contributed by atoms with Crippen molar-refractivity contribution in [2.75, 3.05) is 7.05 Å². The normalized spacial score (nSPS) is 11.8. The molecule has 0 saturated carbocycles. The van der Waals surface area contributed by atoms with Crippen LogP contribution in [0, 0.1) is 6.92 Å². The number of nitrogens with zero attached hydrogens (tertiary/aromatic N) is 3. The average molecular weight is 359 g/mol. The van der Waals surface area contributed by atoms with E-state index in [1.807, 2.05) is 38.2 Å². The minimum Gasteiger partial charge on any atom is -0.339 e. The fraction of sp³-hybridized carbons (Fsp3) is 0.261. The van der Waals surface area contributed by atoms with Crippen molar-refractivity contribution < 1.29 is 4.79 Å². The van der Waals surface area contributed by atoms with Gasteiger partial charge in [-0.05, 0) is 37.5 Å². The maximum absolute atomic E-state index is 13.1. The van der Waals surface area contributed by atoms with E-state index in [9.17, 15) is 4.79 Å². The monoisotopic (exact) mass is 359 g/mol. The Bertz CT molecular complexity index is 891. The first-order valence-corrected chi connectivity index (χ1v) is 9.20. The summed E-state index contributed by atoms with van der Waals surface area (Å²) < 4.78 is 0. The van der Waals surface area contributed by atoms with Gasteiger partial charge in [0.15, 0.2) is 0 Å². The highest BCUT2D eigenvalue weighted by atomic mass is 16.2. The average Bonchev–Trinajstić information content (AvgIpc) is 2.70. The van der Waals surface area contributed by atoms with E-state index in [2.05, 4.69) is 41.2 Å². The molecule has 27 heavy (non-hydrogen) atoms. The molecule has 1 heterocycles. The maximum Gasteiger partial charge on any atom is 0.254 e. The van der Waals surface area contributed by atoms with E-state index in [4.69, 9.17) is 0 Å². The molecule has 4 nitrogen and oxygen atoms in total. The molecule has 1 amide bonds. The molecule has 0 aliphatic carbocycles. The summed E-state index contributed by atoms with van der Waals surface area (Å²) in [5, 5.41) is 0. The zero-order chi connectivity index (χ0) is 19.2. The van der Waals surface area contributed by atoms with E-state index in [1.165, 1.54) is 11.1 Å². The number of rotatable bonds is 6. The number of amides is 1. The second-order valence-corrected chi connectivity index (χ2v) is 6.99. The molecule has 0 saturated heterocycles. The standard InChI is InChI=1S/C23H25N3O/c1-17-8-10-19(11-9-17)15-20-6-4-5-7-22(20)23(27)26(3)18(2)14-21-16-24-12-13-25-21/h4-13,16,18H,14-15H2,1-3H3. The predicted molar refractivity (Wildman–Crippen MR) is 108 cm³/mol. The lowest BCUT2D eigenvalue weighted by atomic mass is 9.98. The summed E-state index contributed by atoms with van der Waals surface area (Å²) in [4.78, 5) is 23.3. The van der Waals surface area contributed by atoms with Crippen molar-refractivity contribution in [3.63, 3.8) is 0 Å². The van der Waals surface area contributed by atoms with Crippen LogP contribution in [0.3, 0.4) is 0 Å². The zero-order valence-corrected chi connectivity index (χ0v) is 16.1. The number of carbonyl (C=O) groups excluding carboxylic acids is 1. The third kappa shape index (κ3) is 4.79. The van der Waals surface area contributed by atoms with Gasteiger partial charge in [0, 0.05) is 43.7 Å². The van der Waals surface area contributed by atoms with E-state index in [-0.39, 0.29) is 11.9 Å². The van der Waals surface area contributed by atoms with E-state index in [0.29, 0.717) is 6.42 Å². The van der Waals surface area contributed by atoms with Gasteiger partial charge in [0.25, 0.3) is 5.91 Å². The van der Waals surface area contributed by atoms with Gasteiger partial charge in [-0.2, -0.15) is 0 Å². The molecule has 0 fully saturated rings. The summed E-state index contributed by atoms with van der Waals surface area (Å²) in [5.41, 5.74) is 5.13. The van der Waals surface area contributed by atoms with E-state index >= 15 is 0 Å². The summed E-state index contributed by atoms with van der Waals surface area (Å²) in [5.74, 6) is 0.0362. The predicted octanol–water partition coefficient (Wildman–Crippen LogP) is 4.08. The SMILES string of the molecule is Cc1ccc(Cc2ccccc2C(=O)N(C)C(C)Cc2cnccn2)cc1. The van der Waals surface area contributed by atoms with E-state index in [1.54, 1.807) is 23.5 Å². The van der Waals surface area contributed by atoms with Crippen LogP contribution in [0.4, 0.5) is 0 Å². The number of hydrogen-bond donors (Lipinski definition) is 0. The first-order chi connectivity index (χ1) is 13.0. The Hall–Kier alpha value is -3.01. The van der Waals surface area contributed by atoms with Crippen molar-refractivity contribution in [2.24, 2.45) is 0 Å². The highest BCUT2D eigenvalue weighted by molar-refractivity contribution is 5.95. The lowest BCUT2D eigenvalue weighted by Gasteiger charge is -2.25. The molecule has 1 aromatic heterocycles. The lowest BCUT2D eigenvalue weighted by molar-refractivity contribution is 0.0742. The fourth-order valence-electron chi connectivity index (χ4n) is 3.07. The van der Waals surface area contributed by atoms with Crippen molar-refractivity contribution in [3.05, 3.63) is 95.1 Å². The van der Waals surface area contributed by atoms with Gasteiger partial charge in [-0.15, -0.1) is 0 Å². The maximum atomic E-state index is 13.1. The molecule has 3 rings (SSSR count). The topological polar surface area (TPSA) is 46.1 Å². The molecule has 1 atom stereocenters. The molecule has 4 heteroatoms. The molecule has 1 unspecified atom stereocenters. The van der Waals surface area contributed by atoms with Crippen LogP contribution >= 0.6 is 0 Å². The van der Waals surface area contributed by atoms with Gasteiger partial charge in [0.05, 0.1) is 5.69 Å². The molecule has 0 bridgehead atoms. The molecule has 3 aromatic rings. The summed E-state index contributed by atoms with van der Waals surface area (Å²) in [6.07, 6.45) is 6.51. The van der Waals surface area contributed by atoms with Crippen LogP contribution in [0.5, 0.6) is 0 Å². The smallest absolute Gasteiger partial charge is 0.254 e. The number of benzene rings is 2. The second kappa shape index (κ2) is 8.58. The molecular weight excluding hydrogens is 334 g/mol. The second-order valence-electron chi connectivity index (χ2n) is 6.99. The number of carbonyl (C=O) groups is 1. The molecule has 2 aromatic carbocycles. The summed E-state index contributed by atoms with van der Waals surface area (Å²) in [7, 11) is 1.85. The molecule has 0 aliphatic heterocycles. The van der Waals surface area contributed by atoms with Crippen molar-refractivity contribution in [2.45, 2.75) is 32.7 Å². The van der Waals surface area contributed by atoms with Crippen LogP contribution in [-0.2, 0) is 12.8 Å². The molecule has 0 radical (unpaired) electrons. The van der Waals surface area contributed by atoms with Gasteiger partial charge in [-0.1, -0.05) is 48.0 Å². The third-order valence-electron chi connectivity index (χ3n) is 4.87. The van der Waals surface area contributed by atoms with Crippen molar-refractivity contribution in [3.8, 4) is 0 Å². The van der Waals surface area contributed by atoms with Crippen molar-refractivity contribution in [1.29, 1.82) is 0 Å². The Morgan fingerprint density at radius 2 is 1.81 bits per heavy atom. The minimum atomic E-state index is 0.0293. The van der Waals surface area contributed by atoms with Crippen molar-refractivity contribution in [1.82, 2.24) is 14.9 Å². The zero-order valence-electron chi connectivity index (χ0n) is 16.1. The Morgan fingerprint density at radius 3 is 2.52 bits per heavy atom. The van der Waals surface area contributed by atoms with Crippen LogP contribution in [0.2, 0.25) is 0 Å². The number of aryl methyl sites for hydroxylation is 1. The third-order valence-corrected chi connectivity index (χ3v) is 4.87. The summed E-state index contributed by atoms with van der Waals surface area (Å²) >= 11 is 0. The van der Waals surface area contributed by atoms with Crippen LogP contribution in [0.15, 0.2) is 67.1 Å². The number of likely N-dealkylation sites (N-methyl/N-ethyl adjacent to an activating group) is 1. The van der Waals surface area contributed by atoms with Gasteiger partial charge in [0.1, 0.15) is 0 Å². The van der Waals surface area contributed by atoms with Crippen LogP contribution in [-0.4, -0.2) is 33.9 Å². The van der Waals surface area contributed by atoms with E-state index < -0.39 is 0 Å². The minimum absolute atomic E-state index is 0.0293. The van der Waals surface area contributed by atoms with Crippen molar-refractivity contribution >= 4 is 5.91 Å². The Balaban J connectivity index is 1.76. The molecule has 0 aliphatic rings. The van der Waals surface area contributed by atoms with Crippen LogP contribution in [0.1, 0.15) is 39.7 Å². The molecule has 0 spiro atoms. The Labute approximate surface area is 160 Å². The highest BCUT2D eigenvalue weighted by Gasteiger charge is 2.20. The van der Waals surface area contributed by atoms with Gasteiger partial charge < -0.3 is 4.90 Å². The van der Waals surface area contributed by atoms with Crippen LogP contribution in [0.25, 0.3) is 0 Å². The van der Waals surface area contributed by atoms with Crippen LogP contribution < -0.4 is 0 Å². The molecular formula is C23H25N3O. The summed E-state index contributed by atoms with van der Waals surface area (Å²) in [6, 6.07) is 16.3. The molecule has 138 valence electrons. The van der Waals surface area contributed by atoms with E-state index in [0.717, 1.165) is 23.2 Å².